The van der Waals surface area contributed by atoms with Crippen molar-refractivity contribution in [2.75, 3.05) is 26.2 Å². The topological polar surface area (TPSA) is 66.6 Å². The molecule has 1 saturated carbocycles. The van der Waals surface area contributed by atoms with E-state index in [9.17, 15) is 14.0 Å². The van der Waals surface area contributed by atoms with Crippen molar-refractivity contribution in [1.82, 2.24) is 9.80 Å². The normalized spacial score (nSPS) is 23.3. The smallest absolute Gasteiger partial charge is 0.253 e. The molecule has 2 atom stereocenters. The minimum Gasteiger partial charge on any atom is -0.339 e. The monoisotopic (exact) mass is 369 g/mol. The second kappa shape index (κ2) is 8.63. The highest BCUT2D eigenvalue weighted by Crippen LogP contribution is 2.27. The summed E-state index contributed by atoms with van der Waals surface area (Å²) in [5.74, 6) is -0.0189. The van der Waals surface area contributed by atoms with Gasteiger partial charge in [-0.25, -0.2) is 4.39 Å². The van der Waals surface area contributed by atoms with E-state index in [4.69, 9.17) is 5.73 Å². The predicted octanol–water partition coefficient (Wildman–Crippen LogP) is 2.05. The zero-order valence-corrected chi connectivity index (χ0v) is 15.0. The van der Waals surface area contributed by atoms with Crippen molar-refractivity contribution in [1.29, 1.82) is 0 Å². The van der Waals surface area contributed by atoms with E-state index >= 15 is 0 Å². The summed E-state index contributed by atoms with van der Waals surface area (Å²) in [6.45, 7) is 2.12. The van der Waals surface area contributed by atoms with Crippen molar-refractivity contribution in [2.24, 2.45) is 11.7 Å². The Kier molecular flexibility index (Phi) is 6.79. The summed E-state index contributed by atoms with van der Waals surface area (Å²) < 4.78 is 12.9. The van der Waals surface area contributed by atoms with E-state index in [0.717, 1.165) is 19.3 Å². The average molecular weight is 370 g/mol. The quantitative estimate of drug-likeness (QED) is 0.886. The Bertz CT molecular complexity index is 603. The molecule has 1 aromatic rings. The third-order valence-electron chi connectivity index (χ3n) is 5.17. The Labute approximate surface area is 153 Å². The van der Waals surface area contributed by atoms with Crippen LogP contribution in [0.3, 0.4) is 0 Å². The van der Waals surface area contributed by atoms with E-state index in [-0.39, 0.29) is 36.1 Å². The van der Waals surface area contributed by atoms with Crippen LogP contribution < -0.4 is 5.73 Å². The van der Waals surface area contributed by atoms with E-state index in [0.29, 0.717) is 44.1 Å². The summed E-state index contributed by atoms with van der Waals surface area (Å²) in [4.78, 5) is 28.4. The van der Waals surface area contributed by atoms with E-state index in [1.54, 1.807) is 4.90 Å². The zero-order chi connectivity index (χ0) is 17.1. The van der Waals surface area contributed by atoms with Crippen molar-refractivity contribution in [3.8, 4) is 0 Å². The summed E-state index contributed by atoms with van der Waals surface area (Å²) in [5, 5.41) is 0. The Balaban J connectivity index is 0.00000225. The van der Waals surface area contributed by atoms with Crippen molar-refractivity contribution in [2.45, 2.75) is 31.7 Å². The van der Waals surface area contributed by atoms with Gasteiger partial charge < -0.3 is 15.5 Å². The number of amides is 2. The van der Waals surface area contributed by atoms with Gasteiger partial charge in [0.25, 0.3) is 5.91 Å². The molecule has 0 bridgehead atoms. The van der Waals surface area contributed by atoms with Crippen molar-refractivity contribution in [3.63, 3.8) is 0 Å². The average Bonchev–Trinajstić information content (AvgIpc) is 3.00. The van der Waals surface area contributed by atoms with E-state index in [1.807, 2.05) is 4.90 Å². The van der Waals surface area contributed by atoms with E-state index < -0.39 is 0 Å². The molecule has 0 spiro atoms. The molecule has 1 aromatic carbocycles. The second-order valence-corrected chi connectivity index (χ2v) is 6.74. The first-order valence-corrected chi connectivity index (χ1v) is 8.63. The summed E-state index contributed by atoms with van der Waals surface area (Å²) in [5.41, 5.74) is 6.52. The van der Waals surface area contributed by atoms with Crippen molar-refractivity contribution in [3.05, 3.63) is 35.6 Å². The van der Waals surface area contributed by atoms with Crippen LogP contribution in [0.4, 0.5) is 4.39 Å². The molecular formula is C18H25ClFN3O2. The summed E-state index contributed by atoms with van der Waals surface area (Å²) >= 11 is 0. The van der Waals surface area contributed by atoms with Gasteiger partial charge in [-0.1, -0.05) is 6.42 Å². The SMILES string of the molecule is Cl.N[C@@H]1CCC[C@H]1CC(=O)N1CCN(C(=O)c2ccc(F)cc2)CC1. The van der Waals surface area contributed by atoms with Gasteiger partial charge in [-0.05, 0) is 43.0 Å². The van der Waals surface area contributed by atoms with Crippen LogP contribution in [-0.2, 0) is 4.79 Å². The Morgan fingerprint density at radius 2 is 1.64 bits per heavy atom. The van der Waals surface area contributed by atoms with Gasteiger partial charge in [-0.15, -0.1) is 12.4 Å². The van der Waals surface area contributed by atoms with Gasteiger partial charge in [0.2, 0.25) is 5.91 Å². The third-order valence-corrected chi connectivity index (χ3v) is 5.17. The molecule has 1 saturated heterocycles. The molecule has 0 unspecified atom stereocenters. The van der Waals surface area contributed by atoms with Crippen LogP contribution in [-0.4, -0.2) is 53.8 Å². The Morgan fingerprint density at radius 1 is 1.04 bits per heavy atom. The lowest BCUT2D eigenvalue weighted by atomic mass is 9.99. The molecule has 1 heterocycles. The third kappa shape index (κ3) is 4.70. The van der Waals surface area contributed by atoms with Crippen LogP contribution in [0.1, 0.15) is 36.0 Å². The molecule has 2 amide bonds. The predicted molar refractivity (Wildman–Crippen MR) is 96.1 cm³/mol. The van der Waals surface area contributed by atoms with Crippen LogP contribution in [0.5, 0.6) is 0 Å². The van der Waals surface area contributed by atoms with Crippen LogP contribution in [0.25, 0.3) is 0 Å². The van der Waals surface area contributed by atoms with Gasteiger partial charge in [-0.2, -0.15) is 0 Å². The molecule has 1 aliphatic heterocycles. The molecule has 1 aliphatic carbocycles. The van der Waals surface area contributed by atoms with Crippen LogP contribution in [0.15, 0.2) is 24.3 Å². The van der Waals surface area contributed by atoms with Gasteiger partial charge in [0.15, 0.2) is 0 Å². The standard InChI is InChI=1S/C18H24FN3O2.ClH/c19-15-6-4-13(5-7-15)18(24)22-10-8-21(9-11-22)17(23)12-14-2-1-3-16(14)20;/h4-7,14,16H,1-3,8-12,20H2;1H/t14-,16+;/m0./s1. The summed E-state index contributed by atoms with van der Waals surface area (Å²) in [7, 11) is 0. The lowest BCUT2D eigenvalue weighted by molar-refractivity contribution is -0.133. The number of piperazine rings is 1. The highest BCUT2D eigenvalue weighted by molar-refractivity contribution is 5.94. The maximum atomic E-state index is 12.9. The molecule has 25 heavy (non-hydrogen) atoms. The van der Waals surface area contributed by atoms with Gasteiger partial charge in [-0.3, -0.25) is 9.59 Å². The van der Waals surface area contributed by atoms with E-state index in [1.165, 1.54) is 24.3 Å². The van der Waals surface area contributed by atoms with Gasteiger partial charge in [0, 0.05) is 44.2 Å². The van der Waals surface area contributed by atoms with Crippen LogP contribution in [0.2, 0.25) is 0 Å². The maximum absolute atomic E-state index is 12.9. The largest absolute Gasteiger partial charge is 0.339 e. The number of nitrogens with two attached hydrogens (primary N) is 1. The molecule has 2 fully saturated rings. The molecular weight excluding hydrogens is 345 g/mol. The first kappa shape index (κ1) is 19.7. The number of benzene rings is 1. The lowest BCUT2D eigenvalue weighted by Crippen LogP contribution is -2.51. The molecule has 138 valence electrons. The number of rotatable bonds is 3. The Morgan fingerprint density at radius 3 is 2.20 bits per heavy atom. The molecule has 2 aliphatic rings. The molecule has 2 N–H and O–H groups in total. The first-order valence-electron chi connectivity index (χ1n) is 8.63. The molecule has 7 heteroatoms. The van der Waals surface area contributed by atoms with Gasteiger partial charge >= 0.3 is 0 Å². The fraction of sp³-hybridized carbons (Fsp3) is 0.556. The van der Waals surface area contributed by atoms with Crippen molar-refractivity contribution >= 4 is 24.2 Å². The summed E-state index contributed by atoms with van der Waals surface area (Å²) in [6.07, 6.45) is 3.68. The number of carbonyl (C=O) groups is 2. The number of hydrogen-bond acceptors (Lipinski definition) is 3. The molecule has 5 nitrogen and oxygen atoms in total. The number of nitrogens with zero attached hydrogens (tertiary/aromatic N) is 2. The zero-order valence-electron chi connectivity index (χ0n) is 14.2. The van der Waals surface area contributed by atoms with Crippen LogP contribution in [0, 0.1) is 11.7 Å². The lowest BCUT2D eigenvalue weighted by Gasteiger charge is -2.35. The fourth-order valence-electron chi connectivity index (χ4n) is 3.61. The highest BCUT2D eigenvalue weighted by atomic mass is 35.5. The minimum atomic E-state index is -0.355. The maximum Gasteiger partial charge on any atom is 0.253 e. The molecule has 0 radical (unpaired) electrons. The minimum absolute atomic E-state index is 0. The molecule has 0 aromatic heterocycles. The number of hydrogen-bond donors (Lipinski definition) is 1. The number of carbonyl (C=O) groups excluding carboxylic acids is 2. The van der Waals surface area contributed by atoms with E-state index in [2.05, 4.69) is 0 Å². The second-order valence-electron chi connectivity index (χ2n) is 6.74. The fourth-order valence-corrected chi connectivity index (χ4v) is 3.61. The van der Waals surface area contributed by atoms with Crippen molar-refractivity contribution < 1.29 is 14.0 Å². The summed E-state index contributed by atoms with van der Waals surface area (Å²) in [6, 6.07) is 5.72. The van der Waals surface area contributed by atoms with Gasteiger partial charge in [0.1, 0.15) is 5.82 Å². The molecule has 3 rings (SSSR count). The number of halogens is 2. The first-order chi connectivity index (χ1) is 11.5. The Hall–Kier alpha value is -1.66. The van der Waals surface area contributed by atoms with Gasteiger partial charge in [0.05, 0.1) is 0 Å². The highest BCUT2D eigenvalue weighted by Gasteiger charge is 2.30. The van der Waals surface area contributed by atoms with Crippen LogP contribution >= 0.6 is 12.4 Å².